The number of hydrogen-bond acceptors (Lipinski definition) is 7. The maximum absolute atomic E-state index is 12.9. The number of aliphatic carboxylic acids is 1. The van der Waals surface area contributed by atoms with Crippen molar-refractivity contribution >= 4 is 29.6 Å². The van der Waals surface area contributed by atoms with E-state index in [2.05, 4.69) is 21.3 Å². The third-order valence-electron chi connectivity index (χ3n) is 5.95. The highest BCUT2D eigenvalue weighted by molar-refractivity contribution is 5.94. The minimum Gasteiger partial charge on any atom is -0.480 e. The zero-order valence-corrected chi connectivity index (χ0v) is 19.1. The number of carbonyl (C=O) groups is 5. The molecule has 2 aliphatic heterocycles. The summed E-state index contributed by atoms with van der Waals surface area (Å²) in [6.07, 6.45) is 4.16. The van der Waals surface area contributed by atoms with Crippen LogP contribution in [0.3, 0.4) is 0 Å². The molecule has 2 rings (SSSR count). The Morgan fingerprint density at radius 2 is 1.85 bits per heavy atom. The van der Waals surface area contributed by atoms with Crippen molar-refractivity contribution in [1.29, 1.82) is 0 Å². The van der Waals surface area contributed by atoms with Crippen LogP contribution in [0.2, 0.25) is 0 Å². The van der Waals surface area contributed by atoms with E-state index in [4.69, 9.17) is 5.73 Å². The Balaban J connectivity index is 1.82. The van der Waals surface area contributed by atoms with Crippen LogP contribution in [0.5, 0.6) is 0 Å². The highest BCUT2D eigenvalue weighted by atomic mass is 16.4. The second-order valence-electron chi connectivity index (χ2n) is 8.53. The summed E-state index contributed by atoms with van der Waals surface area (Å²) in [5, 5.41) is 19.9. The molecule has 0 aromatic heterocycles. The summed E-state index contributed by atoms with van der Waals surface area (Å²) >= 11 is 0. The highest BCUT2D eigenvalue weighted by Crippen LogP contribution is 2.18. The van der Waals surface area contributed by atoms with Crippen molar-refractivity contribution in [2.45, 2.75) is 76.0 Å². The second kappa shape index (κ2) is 13.1. The van der Waals surface area contributed by atoms with Crippen molar-refractivity contribution < 1.29 is 29.1 Å². The fourth-order valence-corrected chi connectivity index (χ4v) is 4.12. The van der Waals surface area contributed by atoms with Gasteiger partial charge in [-0.1, -0.05) is 0 Å². The summed E-state index contributed by atoms with van der Waals surface area (Å²) in [6.45, 7) is 2.79. The van der Waals surface area contributed by atoms with Gasteiger partial charge in [-0.05, 0) is 65.0 Å². The molecule has 0 aromatic carbocycles. The van der Waals surface area contributed by atoms with Gasteiger partial charge >= 0.3 is 5.97 Å². The number of nitrogens with one attached hydrogen (secondary N) is 4. The average molecular weight is 469 g/mol. The van der Waals surface area contributed by atoms with E-state index >= 15 is 0 Å². The smallest absolute Gasteiger partial charge is 0.326 e. The predicted octanol–water partition coefficient (Wildman–Crippen LogP) is -1.95. The molecule has 0 aliphatic carbocycles. The van der Waals surface area contributed by atoms with Gasteiger partial charge in [-0.25, -0.2) is 4.79 Å². The standard InChI is InChI=1S/C21H36N6O6/c1-13(25-18(29)14-7-4-10-23-14)20(31)27-11-5-8-16(27)19(30)24-12-17(28)26-15(21(32)33)6-2-3-9-22/h13-16,23H,2-12,22H2,1H3,(H,24,30)(H,25,29)(H,26,28)(H,32,33)/t13-,14-,15-,16-/m0/s1. The SMILES string of the molecule is C[C@H](NC(=O)[C@@H]1CCCN1)C(=O)N1CCC[C@H]1C(=O)NCC(=O)N[C@@H](CCCCN)C(=O)O. The number of nitrogens with two attached hydrogens (primary N) is 1. The van der Waals surface area contributed by atoms with Gasteiger partial charge in [0.2, 0.25) is 23.6 Å². The fraction of sp³-hybridized carbons (Fsp3) is 0.762. The Morgan fingerprint density at radius 3 is 2.48 bits per heavy atom. The van der Waals surface area contributed by atoms with Crippen molar-refractivity contribution in [3.05, 3.63) is 0 Å². The molecular weight excluding hydrogens is 432 g/mol. The summed E-state index contributed by atoms with van der Waals surface area (Å²) < 4.78 is 0. The molecule has 33 heavy (non-hydrogen) atoms. The Morgan fingerprint density at radius 1 is 1.09 bits per heavy atom. The third-order valence-corrected chi connectivity index (χ3v) is 5.95. The Hall–Kier alpha value is -2.73. The van der Waals surface area contributed by atoms with Crippen molar-refractivity contribution in [3.8, 4) is 0 Å². The highest BCUT2D eigenvalue weighted by Gasteiger charge is 2.37. The monoisotopic (exact) mass is 468 g/mol. The number of carboxylic acid groups (broad SMARTS) is 1. The van der Waals surface area contributed by atoms with Crippen LogP contribution >= 0.6 is 0 Å². The van der Waals surface area contributed by atoms with E-state index in [1.54, 1.807) is 6.92 Å². The van der Waals surface area contributed by atoms with E-state index in [0.29, 0.717) is 38.8 Å². The topological polar surface area (TPSA) is 183 Å². The van der Waals surface area contributed by atoms with E-state index in [0.717, 1.165) is 19.4 Å². The quantitative estimate of drug-likeness (QED) is 0.179. The van der Waals surface area contributed by atoms with Crippen LogP contribution in [-0.2, 0) is 24.0 Å². The molecule has 2 fully saturated rings. The lowest BCUT2D eigenvalue weighted by atomic mass is 10.1. The zero-order chi connectivity index (χ0) is 24.4. The number of rotatable bonds is 12. The lowest BCUT2D eigenvalue weighted by Gasteiger charge is -2.27. The van der Waals surface area contributed by atoms with Gasteiger partial charge in [0.05, 0.1) is 12.6 Å². The van der Waals surface area contributed by atoms with Crippen LogP contribution in [0.4, 0.5) is 0 Å². The van der Waals surface area contributed by atoms with Crippen LogP contribution in [0.15, 0.2) is 0 Å². The molecule has 4 atom stereocenters. The number of likely N-dealkylation sites (tertiary alicyclic amines) is 1. The van der Waals surface area contributed by atoms with Crippen molar-refractivity contribution in [2.24, 2.45) is 5.73 Å². The fourth-order valence-electron chi connectivity index (χ4n) is 4.12. The number of amides is 4. The van der Waals surface area contributed by atoms with Gasteiger partial charge in [0, 0.05) is 6.54 Å². The molecule has 0 saturated carbocycles. The Kier molecular flexibility index (Phi) is 10.5. The first-order chi connectivity index (χ1) is 15.7. The summed E-state index contributed by atoms with van der Waals surface area (Å²) in [4.78, 5) is 62.6. The number of nitrogens with zero attached hydrogens (tertiary/aromatic N) is 1. The molecule has 0 spiro atoms. The molecular formula is C21H36N6O6. The largest absolute Gasteiger partial charge is 0.480 e. The van der Waals surface area contributed by atoms with Gasteiger partial charge in [-0.15, -0.1) is 0 Å². The predicted molar refractivity (Wildman–Crippen MR) is 119 cm³/mol. The third kappa shape index (κ3) is 7.97. The average Bonchev–Trinajstić information content (AvgIpc) is 3.48. The minimum atomic E-state index is -1.15. The molecule has 186 valence electrons. The summed E-state index contributed by atoms with van der Waals surface area (Å²) in [6, 6.07) is -2.87. The molecule has 2 aliphatic rings. The van der Waals surface area contributed by atoms with Crippen molar-refractivity contribution in [3.63, 3.8) is 0 Å². The summed E-state index contributed by atoms with van der Waals surface area (Å²) in [5.41, 5.74) is 5.40. The first-order valence-electron chi connectivity index (χ1n) is 11.6. The number of carbonyl (C=O) groups excluding carboxylic acids is 4. The molecule has 4 amide bonds. The van der Waals surface area contributed by atoms with E-state index in [-0.39, 0.29) is 24.3 Å². The lowest BCUT2D eigenvalue weighted by Crippen LogP contribution is -2.55. The molecule has 2 heterocycles. The van der Waals surface area contributed by atoms with Crippen LogP contribution in [0.1, 0.15) is 51.9 Å². The van der Waals surface area contributed by atoms with Crippen molar-refractivity contribution in [2.75, 3.05) is 26.2 Å². The van der Waals surface area contributed by atoms with Crippen molar-refractivity contribution in [1.82, 2.24) is 26.2 Å². The molecule has 0 radical (unpaired) electrons. The molecule has 0 bridgehead atoms. The second-order valence-corrected chi connectivity index (χ2v) is 8.53. The number of carboxylic acids is 1. The Bertz CT molecular complexity index is 726. The maximum atomic E-state index is 12.9. The van der Waals surface area contributed by atoms with Gasteiger partial charge < -0.3 is 37.0 Å². The van der Waals surface area contributed by atoms with E-state index in [9.17, 15) is 29.1 Å². The molecule has 12 nitrogen and oxygen atoms in total. The normalized spacial score (nSPS) is 21.8. The molecule has 0 unspecified atom stereocenters. The van der Waals surface area contributed by atoms with Gasteiger partial charge in [-0.3, -0.25) is 19.2 Å². The van der Waals surface area contributed by atoms with Gasteiger partial charge in [0.15, 0.2) is 0 Å². The molecule has 2 saturated heterocycles. The van der Waals surface area contributed by atoms with Gasteiger partial charge in [0.1, 0.15) is 18.1 Å². The molecule has 7 N–H and O–H groups in total. The zero-order valence-electron chi connectivity index (χ0n) is 19.1. The summed E-state index contributed by atoms with van der Waals surface area (Å²) in [5.74, 6) is -2.84. The van der Waals surface area contributed by atoms with Gasteiger partial charge in [0.25, 0.3) is 0 Å². The first-order valence-corrected chi connectivity index (χ1v) is 11.6. The molecule has 12 heteroatoms. The lowest BCUT2D eigenvalue weighted by molar-refractivity contribution is -0.142. The van der Waals surface area contributed by atoms with Crippen LogP contribution < -0.4 is 27.0 Å². The number of hydrogen-bond donors (Lipinski definition) is 6. The van der Waals surface area contributed by atoms with E-state index in [1.165, 1.54) is 4.90 Å². The van der Waals surface area contributed by atoms with E-state index in [1.807, 2.05) is 0 Å². The minimum absolute atomic E-state index is 0.232. The molecule has 0 aromatic rings. The van der Waals surface area contributed by atoms with Crippen LogP contribution in [0, 0.1) is 0 Å². The maximum Gasteiger partial charge on any atom is 0.326 e. The Labute approximate surface area is 193 Å². The van der Waals surface area contributed by atoms with Crippen LogP contribution in [-0.4, -0.2) is 90.0 Å². The van der Waals surface area contributed by atoms with Crippen LogP contribution in [0.25, 0.3) is 0 Å². The number of unbranched alkanes of at least 4 members (excludes halogenated alkanes) is 1. The summed E-state index contributed by atoms with van der Waals surface area (Å²) in [7, 11) is 0. The first kappa shape index (κ1) is 26.5. The van der Waals surface area contributed by atoms with Gasteiger partial charge in [-0.2, -0.15) is 0 Å². The van der Waals surface area contributed by atoms with E-state index < -0.39 is 42.5 Å².